The summed E-state index contributed by atoms with van der Waals surface area (Å²) in [5, 5.41) is 11.9. The number of carbonyl (C=O) groups is 2. The van der Waals surface area contributed by atoms with E-state index in [9.17, 15) is 9.59 Å². The summed E-state index contributed by atoms with van der Waals surface area (Å²) in [6.45, 7) is 3.53. The minimum Gasteiger partial charge on any atom is -0.325 e. The highest BCUT2D eigenvalue weighted by molar-refractivity contribution is 7.99. The fourth-order valence-electron chi connectivity index (χ4n) is 2.55. The third kappa shape index (κ3) is 5.01. The molecule has 0 saturated heterocycles. The minimum atomic E-state index is -0.162. The van der Waals surface area contributed by atoms with Crippen molar-refractivity contribution in [2.45, 2.75) is 18.9 Å². The predicted octanol–water partition coefficient (Wildman–Crippen LogP) is 4.39. The Balaban J connectivity index is 1.58. The predicted molar refractivity (Wildman–Crippen MR) is 108 cm³/mol. The van der Waals surface area contributed by atoms with Crippen molar-refractivity contribution in [1.82, 2.24) is 10.2 Å². The van der Waals surface area contributed by atoms with Gasteiger partial charge in [-0.1, -0.05) is 48.2 Å². The molecule has 0 aliphatic rings. The monoisotopic (exact) mass is 377 g/mol. The van der Waals surface area contributed by atoms with Crippen LogP contribution in [0, 0.1) is 6.92 Å². The quantitative estimate of drug-likeness (QED) is 0.510. The van der Waals surface area contributed by atoms with Crippen LogP contribution in [-0.2, 0) is 4.79 Å². The number of hydrogen-bond donors (Lipinski definition) is 1. The topological polar surface area (TPSA) is 72.0 Å². The summed E-state index contributed by atoms with van der Waals surface area (Å²) in [5.74, 6) is 0.0119. The van der Waals surface area contributed by atoms with E-state index in [1.54, 1.807) is 24.3 Å². The highest BCUT2D eigenvalue weighted by Gasteiger charge is 2.08. The number of nitrogens with zero attached hydrogens (tertiary/aromatic N) is 2. The van der Waals surface area contributed by atoms with Gasteiger partial charge in [0.15, 0.2) is 5.78 Å². The molecule has 0 aliphatic heterocycles. The van der Waals surface area contributed by atoms with E-state index in [-0.39, 0.29) is 17.4 Å². The first-order valence-electron chi connectivity index (χ1n) is 8.46. The molecule has 27 heavy (non-hydrogen) atoms. The first-order valence-corrected chi connectivity index (χ1v) is 9.45. The van der Waals surface area contributed by atoms with Crippen molar-refractivity contribution >= 4 is 29.1 Å². The lowest BCUT2D eigenvalue weighted by atomic mass is 10.1. The summed E-state index contributed by atoms with van der Waals surface area (Å²) in [4.78, 5) is 23.5. The van der Waals surface area contributed by atoms with Crippen molar-refractivity contribution in [1.29, 1.82) is 0 Å². The number of carbonyl (C=O) groups excluding carboxylic acids is 2. The van der Waals surface area contributed by atoms with E-state index < -0.39 is 0 Å². The second-order valence-electron chi connectivity index (χ2n) is 6.05. The maximum Gasteiger partial charge on any atom is 0.234 e. The molecular weight excluding hydrogens is 358 g/mol. The van der Waals surface area contributed by atoms with Crippen LogP contribution < -0.4 is 5.32 Å². The summed E-state index contributed by atoms with van der Waals surface area (Å²) in [6.07, 6.45) is 0. The molecule has 0 saturated carbocycles. The fraction of sp³-hybridized carbons (Fsp3) is 0.143. The van der Waals surface area contributed by atoms with Crippen LogP contribution in [0.3, 0.4) is 0 Å². The number of benzene rings is 2. The van der Waals surface area contributed by atoms with E-state index in [1.165, 1.54) is 18.7 Å². The van der Waals surface area contributed by atoms with Gasteiger partial charge in [-0.05, 0) is 43.7 Å². The molecule has 2 aromatic carbocycles. The Morgan fingerprint density at radius 3 is 2.52 bits per heavy atom. The summed E-state index contributed by atoms with van der Waals surface area (Å²) in [6, 6.07) is 18.7. The largest absolute Gasteiger partial charge is 0.325 e. The first kappa shape index (κ1) is 18.8. The average Bonchev–Trinajstić information content (AvgIpc) is 2.67. The minimum absolute atomic E-state index is 0.0375. The van der Waals surface area contributed by atoms with Crippen LogP contribution in [0.15, 0.2) is 65.7 Å². The van der Waals surface area contributed by atoms with Gasteiger partial charge in [-0.15, -0.1) is 10.2 Å². The standard InChI is InChI=1S/C21H19N3O2S/c1-14-6-3-4-9-18(14)19-10-11-21(24-23-19)27-13-20(26)22-17-8-5-7-16(12-17)15(2)25/h3-12H,13H2,1-2H3,(H,22,26). The number of anilines is 1. The zero-order valence-electron chi connectivity index (χ0n) is 15.1. The van der Waals surface area contributed by atoms with E-state index in [2.05, 4.69) is 15.5 Å². The first-order chi connectivity index (χ1) is 13.0. The van der Waals surface area contributed by atoms with Gasteiger partial charge in [0.25, 0.3) is 0 Å². The van der Waals surface area contributed by atoms with Gasteiger partial charge < -0.3 is 5.32 Å². The van der Waals surface area contributed by atoms with Gasteiger partial charge in [-0.25, -0.2) is 0 Å². The summed E-state index contributed by atoms with van der Waals surface area (Å²) < 4.78 is 0. The lowest BCUT2D eigenvalue weighted by molar-refractivity contribution is -0.113. The molecule has 0 bridgehead atoms. The lowest BCUT2D eigenvalue weighted by Crippen LogP contribution is -2.14. The van der Waals surface area contributed by atoms with Crippen molar-refractivity contribution in [2.75, 3.05) is 11.1 Å². The Labute approximate surface area is 162 Å². The fourth-order valence-corrected chi connectivity index (χ4v) is 3.17. The highest BCUT2D eigenvalue weighted by Crippen LogP contribution is 2.22. The highest BCUT2D eigenvalue weighted by atomic mass is 32.2. The van der Waals surface area contributed by atoms with Crippen LogP contribution in [0.4, 0.5) is 5.69 Å². The molecule has 3 aromatic rings. The molecule has 0 fully saturated rings. The zero-order valence-corrected chi connectivity index (χ0v) is 15.9. The Bertz CT molecular complexity index is 971. The van der Waals surface area contributed by atoms with Gasteiger partial charge in [0.05, 0.1) is 11.4 Å². The molecule has 1 aromatic heterocycles. The summed E-state index contributed by atoms with van der Waals surface area (Å²) >= 11 is 1.31. The van der Waals surface area contributed by atoms with Gasteiger partial charge >= 0.3 is 0 Å². The number of thioether (sulfide) groups is 1. The lowest BCUT2D eigenvalue weighted by Gasteiger charge is -2.07. The number of ketones is 1. The smallest absolute Gasteiger partial charge is 0.234 e. The van der Waals surface area contributed by atoms with Gasteiger partial charge in [0, 0.05) is 16.8 Å². The van der Waals surface area contributed by atoms with Gasteiger partial charge in [-0.2, -0.15) is 0 Å². The molecule has 0 unspecified atom stereocenters. The number of hydrogen-bond acceptors (Lipinski definition) is 5. The van der Waals surface area contributed by atoms with E-state index in [0.29, 0.717) is 16.3 Å². The molecule has 6 heteroatoms. The Morgan fingerprint density at radius 1 is 1.00 bits per heavy atom. The van der Waals surface area contributed by atoms with Crippen LogP contribution in [0.2, 0.25) is 0 Å². The molecule has 0 atom stereocenters. The normalized spacial score (nSPS) is 10.4. The Kier molecular flexibility index (Phi) is 5.98. The molecule has 3 rings (SSSR count). The second kappa shape index (κ2) is 8.60. The Morgan fingerprint density at radius 2 is 1.81 bits per heavy atom. The third-order valence-electron chi connectivity index (χ3n) is 3.97. The van der Waals surface area contributed by atoms with Crippen molar-refractivity contribution < 1.29 is 9.59 Å². The SMILES string of the molecule is CC(=O)c1cccc(NC(=O)CSc2ccc(-c3ccccc3C)nn2)c1. The third-order valence-corrected chi connectivity index (χ3v) is 4.89. The average molecular weight is 377 g/mol. The van der Waals surface area contributed by atoms with Crippen LogP contribution in [0.25, 0.3) is 11.3 Å². The molecule has 136 valence electrons. The Hall–Kier alpha value is -2.99. The molecule has 1 amide bonds. The summed E-state index contributed by atoms with van der Waals surface area (Å²) in [7, 11) is 0. The number of Topliss-reactive ketones (excluding diaryl/α,β-unsaturated/α-hetero) is 1. The molecule has 1 heterocycles. The molecular formula is C21H19N3O2S. The zero-order chi connectivity index (χ0) is 19.2. The van der Waals surface area contributed by atoms with Crippen molar-refractivity contribution in [2.24, 2.45) is 0 Å². The summed E-state index contributed by atoms with van der Waals surface area (Å²) in [5.41, 5.74) is 4.17. The van der Waals surface area contributed by atoms with Crippen molar-refractivity contribution in [3.63, 3.8) is 0 Å². The second-order valence-corrected chi connectivity index (χ2v) is 7.04. The maximum absolute atomic E-state index is 12.1. The molecule has 0 aliphatic carbocycles. The van der Waals surface area contributed by atoms with E-state index in [4.69, 9.17) is 0 Å². The molecule has 0 spiro atoms. The van der Waals surface area contributed by atoms with Crippen LogP contribution in [0.5, 0.6) is 0 Å². The molecule has 0 radical (unpaired) electrons. The number of aryl methyl sites for hydroxylation is 1. The van der Waals surface area contributed by atoms with Gasteiger partial charge in [0.2, 0.25) is 5.91 Å². The van der Waals surface area contributed by atoms with Crippen molar-refractivity contribution in [3.8, 4) is 11.3 Å². The van der Waals surface area contributed by atoms with Gasteiger partial charge in [0.1, 0.15) is 5.03 Å². The van der Waals surface area contributed by atoms with Crippen LogP contribution >= 0.6 is 11.8 Å². The van der Waals surface area contributed by atoms with Crippen molar-refractivity contribution in [3.05, 3.63) is 71.8 Å². The van der Waals surface area contributed by atoms with Crippen LogP contribution in [-0.4, -0.2) is 27.6 Å². The molecule has 5 nitrogen and oxygen atoms in total. The van der Waals surface area contributed by atoms with Gasteiger partial charge in [-0.3, -0.25) is 9.59 Å². The van der Waals surface area contributed by atoms with E-state index in [0.717, 1.165) is 16.8 Å². The van der Waals surface area contributed by atoms with E-state index >= 15 is 0 Å². The molecule has 1 N–H and O–H groups in total. The maximum atomic E-state index is 12.1. The van der Waals surface area contributed by atoms with E-state index in [1.807, 2.05) is 43.3 Å². The van der Waals surface area contributed by atoms with Crippen LogP contribution in [0.1, 0.15) is 22.8 Å². The number of nitrogens with one attached hydrogen (secondary N) is 1. The number of amides is 1. The number of rotatable bonds is 6. The number of aromatic nitrogens is 2.